The quantitative estimate of drug-likeness (QED) is 0.831. The largest absolute Gasteiger partial charge is 0.341 e. The Hall–Kier alpha value is -1.35. The van der Waals surface area contributed by atoms with Crippen LogP contribution in [-0.2, 0) is 0 Å². The summed E-state index contributed by atoms with van der Waals surface area (Å²) < 4.78 is 0. The molecule has 17 heavy (non-hydrogen) atoms. The van der Waals surface area contributed by atoms with E-state index < -0.39 is 0 Å². The smallest absolute Gasteiger partial charge is 0.124 e. The highest BCUT2D eigenvalue weighted by atomic mass is 15.0. The van der Waals surface area contributed by atoms with E-state index in [1.165, 1.54) is 32.1 Å². The van der Waals surface area contributed by atoms with Crippen molar-refractivity contribution in [3.05, 3.63) is 30.1 Å². The molecule has 0 saturated heterocycles. The number of fused-ring (bicyclic) bond motifs is 1. The second-order valence-electron chi connectivity index (χ2n) is 5.06. The third-order valence-corrected chi connectivity index (χ3v) is 3.88. The van der Waals surface area contributed by atoms with Crippen LogP contribution in [0.4, 0.5) is 0 Å². The Morgan fingerprint density at radius 1 is 1.18 bits per heavy atom. The molecule has 90 valence electrons. The molecule has 0 radical (unpaired) electrons. The average Bonchev–Trinajstić information content (AvgIpc) is 2.82. The summed E-state index contributed by atoms with van der Waals surface area (Å²) in [5.74, 6) is 1.56. The van der Waals surface area contributed by atoms with Crippen LogP contribution in [0.2, 0.25) is 0 Å². The van der Waals surface area contributed by atoms with Gasteiger partial charge < -0.3 is 10.7 Å². The molecule has 3 heteroatoms. The number of rotatable bonds is 2. The number of nitrogens with one attached hydrogen (secondary N) is 1. The molecule has 0 bridgehead atoms. The maximum absolute atomic E-state index is 6.34. The van der Waals surface area contributed by atoms with Crippen molar-refractivity contribution >= 4 is 11.0 Å². The highest BCUT2D eigenvalue weighted by Crippen LogP contribution is 2.32. The second kappa shape index (κ2) is 4.49. The zero-order valence-corrected chi connectivity index (χ0v) is 10.0. The van der Waals surface area contributed by atoms with Crippen LogP contribution in [0.3, 0.4) is 0 Å². The Balaban J connectivity index is 1.86. The fourth-order valence-electron chi connectivity index (χ4n) is 2.85. The molecule has 1 fully saturated rings. The highest BCUT2D eigenvalue weighted by molar-refractivity contribution is 5.74. The van der Waals surface area contributed by atoms with E-state index in [4.69, 9.17) is 5.73 Å². The number of imidazole rings is 1. The molecule has 0 amide bonds. The summed E-state index contributed by atoms with van der Waals surface area (Å²) in [7, 11) is 0. The maximum Gasteiger partial charge on any atom is 0.124 e. The first-order valence-corrected chi connectivity index (χ1v) is 6.55. The molecule has 1 aliphatic carbocycles. The first-order valence-electron chi connectivity index (χ1n) is 6.55. The first kappa shape index (κ1) is 10.8. The van der Waals surface area contributed by atoms with Gasteiger partial charge in [-0.1, -0.05) is 31.4 Å². The lowest BCUT2D eigenvalue weighted by atomic mass is 9.84. The van der Waals surface area contributed by atoms with Gasteiger partial charge in [0.05, 0.1) is 17.1 Å². The molecule has 0 aliphatic heterocycles. The molecule has 3 rings (SSSR count). The van der Waals surface area contributed by atoms with Gasteiger partial charge in [0, 0.05) is 0 Å². The van der Waals surface area contributed by atoms with Gasteiger partial charge in [0.15, 0.2) is 0 Å². The predicted molar refractivity (Wildman–Crippen MR) is 69.6 cm³/mol. The Labute approximate surface area is 101 Å². The van der Waals surface area contributed by atoms with Crippen molar-refractivity contribution in [1.82, 2.24) is 9.97 Å². The van der Waals surface area contributed by atoms with Crippen LogP contribution in [-0.4, -0.2) is 9.97 Å². The van der Waals surface area contributed by atoms with Gasteiger partial charge in [-0.05, 0) is 30.9 Å². The van der Waals surface area contributed by atoms with Crippen LogP contribution >= 0.6 is 0 Å². The molecule has 1 heterocycles. The van der Waals surface area contributed by atoms with E-state index in [0.717, 1.165) is 16.9 Å². The number of H-pyrrole nitrogens is 1. The van der Waals surface area contributed by atoms with E-state index in [0.29, 0.717) is 5.92 Å². The van der Waals surface area contributed by atoms with E-state index in [2.05, 4.69) is 16.0 Å². The summed E-state index contributed by atoms with van der Waals surface area (Å²) in [6.07, 6.45) is 6.50. The first-order chi connectivity index (χ1) is 8.34. The van der Waals surface area contributed by atoms with Gasteiger partial charge in [-0.15, -0.1) is 0 Å². The zero-order chi connectivity index (χ0) is 11.7. The van der Waals surface area contributed by atoms with Crippen LogP contribution in [0.25, 0.3) is 11.0 Å². The van der Waals surface area contributed by atoms with Crippen molar-refractivity contribution in [2.45, 2.75) is 38.1 Å². The van der Waals surface area contributed by atoms with Crippen LogP contribution in [0.1, 0.15) is 44.0 Å². The van der Waals surface area contributed by atoms with E-state index in [1.807, 2.05) is 18.2 Å². The summed E-state index contributed by atoms with van der Waals surface area (Å²) in [5.41, 5.74) is 8.45. The molecular weight excluding hydrogens is 210 g/mol. The highest BCUT2D eigenvalue weighted by Gasteiger charge is 2.23. The number of benzene rings is 1. The minimum atomic E-state index is 0.0719. The van der Waals surface area contributed by atoms with Crippen LogP contribution in [0.5, 0.6) is 0 Å². The number of aromatic amines is 1. The van der Waals surface area contributed by atoms with Crippen molar-refractivity contribution in [2.75, 3.05) is 0 Å². The molecule has 1 atom stereocenters. The number of hydrogen-bond acceptors (Lipinski definition) is 2. The average molecular weight is 229 g/mol. The standard InChI is InChI=1S/C14H19N3/c15-13(10-6-2-1-3-7-10)14-16-11-8-4-5-9-12(11)17-14/h4-5,8-10,13H,1-3,6-7,15H2,(H,16,17). The van der Waals surface area contributed by atoms with Gasteiger partial charge in [-0.3, -0.25) is 0 Å². The molecular formula is C14H19N3. The molecule has 1 saturated carbocycles. The Kier molecular flexibility index (Phi) is 2.85. The van der Waals surface area contributed by atoms with E-state index in [1.54, 1.807) is 0 Å². The number of nitrogens with two attached hydrogens (primary N) is 1. The molecule has 2 aromatic rings. The van der Waals surface area contributed by atoms with Crippen molar-refractivity contribution in [1.29, 1.82) is 0 Å². The number of aromatic nitrogens is 2. The zero-order valence-electron chi connectivity index (χ0n) is 10.0. The minimum absolute atomic E-state index is 0.0719. The molecule has 0 spiro atoms. The fourth-order valence-corrected chi connectivity index (χ4v) is 2.85. The topological polar surface area (TPSA) is 54.7 Å². The second-order valence-corrected chi connectivity index (χ2v) is 5.06. The van der Waals surface area contributed by atoms with E-state index in [9.17, 15) is 0 Å². The Morgan fingerprint density at radius 3 is 2.71 bits per heavy atom. The van der Waals surface area contributed by atoms with Gasteiger partial charge in [-0.2, -0.15) is 0 Å². The van der Waals surface area contributed by atoms with Crippen LogP contribution in [0.15, 0.2) is 24.3 Å². The summed E-state index contributed by atoms with van der Waals surface area (Å²) in [5, 5.41) is 0. The lowest BCUT2D eigenvalue weighted by Crippen LogP contribution is -2.24. The number of para-hydroxylation sites is 2. The van der Waals surface area contributed by atoms with Gasteiger partial charge in [0.25, 0.3) is 0 Å². The number of hydrogen-bond donors (Lipinski definition) is 2. The third-order valence-electron chi connectivity index (χ3n) is 3.88. The van der Waals surface area contributed by atoms with E-state index in [-0.39, 0.29) is 6.04 Å². The predicted octanol–water partition coefficient (Wildman–Crippen LogP) is 3.14. The van der Waals surface area contributed by atoms with Crippen molar-refractivity contribution in [3.8, 4) is 0 Å². The maximum atomic E-state index is 6.34. The number of nitrogens with zero attached hydrogens (tertiary/aromatic N) is 1. The van der Waals surface area contributed by atoms with Gasteiger partial charge >= 0.3 is 0 Å². The molecule has 1 aromatic carbocycles. The van der Waals surface area contributed by atoms with Crippen LogP contribution in [0, 0.1) is 5.92 Å². The lowest BCUT2D eigenvalue weighted by Gasteiger charge is -2.26. The van der Waals surface area contributed by atoms with E-state index >= 15 is 0 Å². The summed E-state index contributed by atoms with van der Waals surface area (Å²) >= 11 is 0. The molecule has 1 unspecified atom stereocenters. The minimum Gasteiger partial charge on any atom is -0.341 e. The van der Waals surface area contributed by atoms with Crippen molar-refractivity contribution in [2.24, 2.45) is 11.7 Å². The van der Waals surface area contributed by atoms with Crippen LogP contribution < -0.4 is 5.73 Å². The Bertz CT molecular complexity index is 464. The monoisotopic (exact) mass is 229 g/mol. The molecule has 3 N–H and O–H groups in total. The third kappa shape index (κ3) is 2.07. The lowest BCUT2D eigenvalue weighted by molar-refractivity contribution is 0.302. The SMILES string of the molecule is NC(c1nc2ccccc2[nH]1)C1CCCCC1. The van der Waals surface area contributed by atoms with Crippen molar-refractivity contribution in [3.63, 3.8) is 0 Å². The molecule has 1 aromatic heterocycles. The van der Waals surface area contributed by atoms with Crippen molar-refractivity contribution < 1.29 is 0 Å². The normalized spacial score (nSPS) is 19.6. The summed E-state index contributed by atoms with van der Waals surface area (Å²) in [6, 6.07) is 8.19. The van der Waals surface area contributed by atoms with Gasteiger partial charge in [0.1, 0.15) is 5.82 Å². The molecule has 1 aliphatic rings. The summed E-state index contributed by atoms with van der Waals surface area (Å²) in [6.45, 7) is 0. The van der Waals surface area contributed by atoms with Gasteiger partial charge in [0.2, 0.25) is 0 Å². The Morgan fingerprint density at radius 2 is 1.94 bits per heavy atom. The fraction of sp³-hybridized carbons (Fsp3) is 0.500. The van der Waals surface area contributed by atoms with Gasteiger partial charge in [-0.25, -0.2) is 4.98 Å². The summed E-state index contributed by atoms with van der Waals surface area (Å²) in [4.78, 5) is 7.96. The molecule has 3 nitrogen and oxygen atoms in total.